The second-order valence-corrected chi connectivity index (χ2v) is 22.8. The van der Waals surface area contributed by atoms with Gasteiger partial charge in [-0.25, -0.2) is 0 Å². The zero-order chi connectivity index (χ0) is 66.4. The van der Waals surface area contributed by atoms with Gasteiger partial charge in [0.25, 0.3) is 0 Å². The van der Waals surface area contributed by atoms with Crippen molar-refractivity contribution >= 4 is 41.4 Å². The lowest BCUT2D eigenvalue weighted by atomic mass is 10.0. The number of ether oxygens (including phenoxy) is 9. The SMILES string of the molecule is CCC(=O)NC(COCCC(=O)NCCCNC(=O)CCCCOC1OC(C)C(O)C(O)C1O)(COCCC(=O)NCCCNC(=O)CCCCOC1OC(C)C(O)C(O)C1O)COCCC(=O)NCCCNC(=O)CCCCOC1OC(C)C(O)C(O)C1O. The zero-order valence-electron chi connectivity index (χ0n) is 52.6. The minimum Gasteiger partial charge on any atom is -0.388 e. The summed E-state index contributed by atoms with van der Waals surface area (Å²) in [5.74, 6) is -1.97. The first-order valence-corrected chi connectivity index (χ1v) is 31.6. The van der Waals surface area contributed by atoms with Gasteiger partial charge in [0.2, 0.25) is 41.4 Å². The van der Waals surface area contributed by atoms with Gasteiger partial charge >= 0.3 is 0 Å². The Morgan fingerprint density at radius 1 is 0.333 bits per heavy atom. The molecule has 3 saturated heterocycles. The maximum Gasteiger partial charge on any atom is 0.222 e. The van der Waals surface area contributed by atoms with Crippen molar-refractivity contribution in [1.29, 1.82) is 0 Å². The van der Waals surface area contributed by atoms with Crippen LogP contribution >= 0.6 is 0 Å². The summed E-state index contributed by atoms with van der Waals surface area (Å²) >= 11 is 0. The summed E-state index contributed by atoms with van der Waals surface area (Å²) in [6.45, 7) is 7.71. The lowest BCUT2D eigenvalue weighted by Gasteiger charge is -2.38. The van der Waals surface area contributed by atoms with Gasteiger partial charge in [0.1, 0.15) is 60.5 Å². The van der Waals surface area contributed by atoms with Crippen molar-refractivity contribution in [3.8, 4) is 0 Å². The van der Waals surface area contributed by atoms with Crippen LogP contribution in [0.15, 0.2) is 0 Å². The molecule has 15 unspecified atom stereocenters. The van der Waals surface area contributed by atoms with Crippen LogP contribution in [0.4, 0.5) is 0 Å². The van der Waals surface area contributed by atoms with Crippen molar-refractivity contribution < 1.29 is 122 Å². The van der Waals surface area contributed by atoms with Crippen LogP contribution in [0.5, 0.6) is 0 Å². The third-order valence-electron chi connectivity index (χ3n) is 14.9. The van der Waals surface area contributed by atoms with Crippen molar-refractivity contribution in [2.24, 2.45) is 0 Å². The molecule has 0 aromatic carbocycles. The van der Waals surface area contributed by atoms with E-state index in [0.717, 1.165) is 0 Å². The van der Waals surface area contributed by atoms with Gasteiger partial charge in [-0.3, -0.25) is 33.6 Å². The van der Waals surface area contributed by atoms with E-state index in [9.17, 15) is 79.5 Å². The molecule has 0 aromatic rings. The van der Waals surface area contributed by atoms with Crippen LogP contribution in [0.2, 0.25) is 0 Å². The van der Waals surface area contributed by atoms with E-state index >= 15 is 0 Å². The summed E-state index contributed by atoms with van der Waals surface area (Å²) in [7, 11) is 0. The van der Waals surface area contributed by atoms with Gasteiger partial charge in [0.15, 0.2) is 18.9 Å². The maximum absolute atomic E-state index is 13.0. The van der Waals surface area contributed by atoms with Crippen LogP contribution in [0.25, 0.3) is 0 Å². The number of carbonyl (C=O) groups is 7. The number of hydrogen-bond donors (Lipinski definition) is 16. The van der Waals surface area contributed by atoms with Crippen LogP contribution in [0, 0.1) is 0 Å². The normalized spacial score (nSPS) is 27.4. The Morgan fingerprint density at radius 2 is 0.589 bits per heavy atom. The Morgan fingerprint density at radius 3 is 0.844 bits per heavy atom. The molecule has 3 aliphatic heterocycles. The molecule has 32 nitrogen and oxygen atoms in total. The number of aliphatic hydroxyl groups is 9. The van der Waals surface area contributed by atoms with Crippen molar-refractivity contribution in [2.45, 2.75) is 228 Å². The molecule has 3 heterocycles. The summed E-state index contributed by atoms with van der Waals surface area (Å²) < 4.78 is 50.5. The number of nitrogens with one attached hydrogen (secondary N) is 7. The second-order valence-electron chi connectivity index (χ2n) is 22.8. The monoisotopic (exact) mass is 1300 g/mol. The number of amides is 7. The largest absolute Gasteiger partial charge is 0.388 e. The molecular weight excluding hydrogens is 1190 g/mol. The third-order valence-corrected chi connectivity index (χ3v) is 14.9. The molecule has 3 fully saturated rings. The van der Waals surface area contributed by atoms with Crippen LogP contribution in [-0.2, 0) is 76.2 Å². The van der Waals surface area contributed by atoms with Gasteiger partial charge in [0.05, 0.1) is 58.0 Å². The smallest absolute Gasteiger partial charge is 0.222 e. The first-order valence-electron chi connectivity index (χ1n) is 31.6. The highest BCUT2D eigenvalue weighted by Crippen LogP contribution is 2.25. The minimum atomic E-state index is -1.41. The number of rotatable bonds is 47. The van der Waals surface area contributed by atoms with Gasteiger partial charge < -0.3 is 126 Å². The molecule has 16 N–H and O–H groups in total. The van der Waals surface area contributed by atoms with Gasteiger partial charge in [-0.1, -0.05) is 6.92 Å². The maximum atomic E-state index is 13.0. The first-order chi connectivity index (χ1) is 43.0. The Balaban J connectivity index is 1.37. The van der Waals surface area contributed by atoms with Gasteiger partial charge in [-0.15, -0.1) is 0 Å². The number of carbonyl (C=O) groups excluding carboxylic acids is 7. The first kappa shape index (κ1) is 79.8. The highest BCUT2D eigenvalue weighted by molar-refractivity contribution is 5.78. The highest BCUT2D eigenvalue weighted by atomic mass is 16.7. The molecule has 32 heteroatoms. The minimum absolute atomic E-state index is 0.0556. The topological polar surface area (TPSA) is 469 Å². The predicted octanol–water partition coefficient (Wildman–Crippen LogP) is -4.62. The number of unbranched alkanes of at least 4 members (excludes halogenated alkanes) is 3. The lowest BCUT2D eigenvalue weighted by molar-refractivity contribution is -0.293. The van der Waals surface area contributed by atoms with E-state index in [0.29, 0.717) is 77.4 Å². The van der Waals surface area contributed by atoms with Gasteiger partial charge in [0, 0.05) is 104 Å². The van der Waals surface area contributed by atoms with Crippen LogP contribution in [0.3, 0.4) is 0 Å². The van der Waals surface area contributed by atoms with E-state index in [-0.39, 0.29) is 165 Å². The average molecular weight is 1300 g/mol. The molecule has 90 heavy (non-hydrogen) atoms. The standard InChI is InChI=1S/C58H105N7O25/c1-5-39(66)65-58(33-82-30-18-43(70)62-24-12-21-59-40(67)15-6-9-27-85-55-52(79)49(76)46(73)36(2)88-55,34-83-31-19-44(71)63-25-13-22-60-41(68)16-7-10-28-86-56-53(80)50(77)47(74)37(3)89-56)35-84-32-20-45(72)64-26-14-23-61-42(69)17-8-11-29-87-57-54(81)51(78)48(75)38(4)90-57/h36-38,46-57,73-81H,5-35H2,1-4H3,(H,59,67)(H,60,68)(H,61,69)(H,62,70)(H,63,71)(H,64,72)(H,65,66). The molecule has 3 rings (SSSR count). The fourth-order valence-electron chi connectivity index (χ4n) is 9.29. The average Bonchev–Trinajstić information content (AvgIpc) is 2.43. The van der Waals surface area contributed by atoms with Gasteiger partial charge in [-0.05, 0) is 78.6 Å². The van der Waals surface area contributed by atoms with Crippen molar-refractivity contribution in [2.75, 3.05) is 98.7 Å². The summed E-state index contributed by atoms with van der Waals surface area (Å²) in [5.41, 5.74) is -1.32. The molecule has 0 aliphatic carbocycles. The molecule has 0 spiro atoms. The Hall–Kier alpha value is -4.43. The quantitative estimate of drug-likeness (QED) is 0.0255. The molecule has 522 valence electrons. The molecule has 7 amide bonds. The van der Waals surface area contributed by atoms with E-state index in [1.54, 1.807) is 27.7 Å². The molecule has 0 aromatic heterocycles. The van der Waals surface area contributed by atoms with Crippen molar-refractivity contribution in [1.82, 2.24) is 37.2 Å². The Bertz CT molecular complexity index is 1870. The van der Waals surface area contributed by atoms with E-state index in [2.05, 4.69) is 37.2 Å². The molecule has 15 atom stereocenters. The third kappa shape index (κ3) is 31.5. The van der Waals surface area contributed by atoms with E-state index < -0.39 is 97.7 Å². The Labute approximate surface area is 526 Å². The zero-order valence-corrected chi connectivity index (χ0v) is 52.6. The summed E-state index contributed by atoms with van der Waals surface area (Å²) in [6.07, 6.45) is -12.9. The summed E-state index contributed by atoms with van der Waals surface area (Å²) in [5, 5.41) is 109. The highest BCUT2D eigenvalue weighted by Gasteiger charge is 2.44. The molecule has 0 bridgehead atoms. The molecule has 0 saturated carbocycles. The lowest BCUT2D eigenvalue weighted by Crippen LogP contribution is -2.58. The van der Waals surface area contributed by atoms with Gasteiger partial charge in [-0.2, -0.15) is 0 Å². The fourth-order valence-corrected chi connectivity index (χ4v) is 9.29. The molecule has 3 aliphatic rings. The molecule has 0 radical (unpaired) electrons. The number of aliphatic hydroxyl groups excluding tert-OH is 9. The van der Waals surface area contributed by atoms with E-state index in [1.165, 1.54) is 0 Å². The van der Waals surface area contributed by atoms with Crippen molar-refractivity contribution in [3.63, 3.8) is 0 Å². The Kier molecular flexibility index (Phi) is 39.9. The molecular formula is C58H105N7O25. The predicted molar refractivity (Wildman–Crippen MR) is 316 cm³/mol. The summed E-state index contributed by atoms with van der Waals surface area (Å²) in [6, 6.07) is 0. The van der Waals surface area contributed by atoms with E-state index in [1.807, 2.05) is 0 Å². The van der Waals surface area contributed by atoms with E-state index in [4.69, 9.17) is 42.6 Å². The fraction of sp³-hybridized carbons (Fsp3) is 0.879. The second kappa shape index (κ2) is 45.0. The van der Waals surface area contributed by atoms with Crippen molar-refractivity contribution in [3.05, 3.63) is 0 Å². The number of hydrogen-bond acceptors (Lipinski definition) is 25. The summed E-state index contributed by atoms with van der Waals surface area (Å²) in [4.78, 5) is 88.3. The van der Waals surface area contributed by atoms with Crippen LogP contribution in [0.1, 0.15) is 130 Å². The van der Waals surface area contributed by atoms with Crippen LogP contribution in [-0.4, -0.2) is 284 Å². The van der Waals surface area contributed by atoms with Crippen LogP contribution < -0.4 is 37.2 Å².